The molecule has 2 amide bonds. The van der Waals surface area contributed by atoms with E-state index in [0.717, 1.165) is 38.9 Å². The van der Waals surface area contributed by atoms with Crippen LogP contribution in [0.25, 0.3) is 10.8 Å². The third-order valence-electron chi connectivity index (χ3n) is 17.5. The number of alkyl halides is 1. The number of halogens is 1. The smallest absolute Gasteiger partial charge is 0.312 e. The first kappa shape index (κ1) is 69.8. The number of amides is 2. The Kier molecular flexibility index (Phi) is 24.2. The topological polar surface area (TPSA) is 322 Å². The molecule has 18 atom stereocenters. The second-order valence-electron chi connectivity index (χ2n) is 23.9. The molecular formula is C61H91ClN6O17S. The normalized spacial score (nSPS) is 34.5. The van der Waals surface area contributed by atoms with Gasteiger partial charge < -0.3 is 80.1 Å². The first-order valence-corrected chi connectivity index (χ1v) is 31.1. The van der Waals surface area contributed by atoms with Crippen LogP contribution in [0.15, 0.2) is 41.2 Å². The van der Waals surface area contributed by atoms with Crippen molar-refractivity contribution in [3.8, 4) is 23.0 Å². The number of hydrazone groups is 1. The number of ether oxygens (including phenoxy) is 5. The number of aliphatic hydroxyl groups excluding tert-OH is 5. The number of hydrogen-bond donors (Lipinski definition) is 10. The highest BCUT2D eigenvalue weighted by Crippen LogP contribution is 2.55. The summed E-state index contributed by atoms with van der Waals surface area (Å²) in [5.41, 5.74) is -1.05. The van der Waals surface area contributed by atoms with Crippen LogP contribution in [0.1, 0.15) is 103 Å². The fourth-order valence-electron chi connectivity index (χ4n) is 12.0. The zero-order valence-electron chi connectivity index (χ0n) is 51.8. The third kappa shape index (κ3) is 15.2. The lowest BCUT2D eigenvalue weighted by Crippen LogP contribution is -2.65. The summed E-state index contributed by atoms with van der Waals surface area (Å²) in [6, 6.07) is -0.934. The Balaban J connectivity index is 0.000000365. The van der Waals surface area contributed by atoms with Gasteiger partial charge in [-0.05, 0) is 66.0 Å². The lowest BCUT2D eigenvalue weighted by molar-refractivity contribution is -0.205. The number of nitrogens with one attached hydrogen (secondary N) is 2. The van der Waals surface area contributed by atoms with Crippen LogP contribution in [0.3, 0.4) is 0 Å². The molecule has 6 aliphatic heterocycles. The maximum Gasteiger partial charge on any atom is 0.312 e. The Morgan fingerprint density at radius 2 is 1.59 bits per heavy atom. The maximum absolute atomic E-state index is 14.4. The number of anilines is 1. The highest BCUT2D eigenvalue weighted by molar-refractivity contribution is 7.99. The van der Waals surface area contributed by atoms with E-state index in [1.54, 1.807) is 58.0 Å². The number of piperazine rings is 1. The Morgan fingerprint density at radius 3 is 2.20 bits per heavy atom. The summed E-state index contributed by atoms with van der Waals surface area (Å²) in [6.07, 6.45) is 4.76. The molecule has 23 nitrogen and oxygen atoms in total. The number of hydrogen-bond acceptors (Lipinski definition) is 22. The van der Waals surface area contributed by atoms with E-state index in [9.17, 15) is 60.0 Å². The van der Waals surface area contributed by atoms with Gasteiger partial charge >= 0.3 is 11.8 Å². The Labute approximate surface area is 513 Å². The number of fused-ring (bicyclic) bond motifs is 14. The molecule has 3 saturated heterocycles. The first-order valence-electron chi connectivity index (χ1n) is 29.4. The summed E-state index contributed by atoms with van der Waals surface area (Å²) in [7, 11) is 5.36. The molecule has 3 fully saturated rings. The number of carbonyl (C=O) groups is 4. The molecular weight excluding hydrogens is 1160 g/mol. The van der Waals surface area contributed by atoms with E-state index in [1.807, 2.05) is 19.0 Å². The number of nitrogens with zero attached hydrogens (tertiary/aromatic N) is 4. The van der Waals surface area contributed by atoms with Gasteiger partial charge in [-0.3, -0.25) is 29.1 Å². The van der Waals surface area contributed by atoms with Crippen LogP contribution in [0.2, 0.25) is 0 Å². The zero-order valence-corrected chi connectivity index (χ0v) is 53.3. The minimum absolute atomic E-state index is 0.0559. The average molecular weight is 1250 g/mol. The average Bonchev–Trinajstić information content (AvgIpc) is 1.47. The molecule has 480 valence electrons. The number of ketones is 1. The molecule has 0 unspecified atom stereocenters. The molecule has 6 heterocycles. The van der Waals surface area contributed by atoms with Crippen molar-refractivity contribution in [1.82, 2.24) is 20.1 Å². The number of esters is 1. The van der Waals surface area contributed by atoms with E-state index < -0.39 is 130 Å². The van der Waals surface area contributed by atoms with Crippen LogP contribution < -0.4 is 15.4 Å². The lowest BCUT2D eigenvalue weighted by Gasteiger charge is -2.44. The van der Waals surface area contributed by atoms with Crippen molar-refractivity contribution in [2.24, 2.45) is 34.7 Å². The summed E-state index contributed by atoms with van der Waals surface area (Å²) in [4.78, 5) is 57.6. The van der Waals surface area contributed by atoms with E-state index in [4.69, 9.17) is 35.3 Å². The number of Topliss-reactive ketones (excluding diaryl/α,β-unsaturated/α-hetero) is 1. The largest absolute Gasteiger partial charge is 0.507 e. The molecule has 2 aromatic rings. The fraction of sp³-hybridized carbons (Fsp3) is 0.656. The predicted octanol–water partition coefficient (Wildman–Crippen LogP) is 4.72. The van der Waals surface area contributed by atoms with Gasteiger partial charge in [-0.2, -0.15) is 5.10 Å². The quantitative estimate of drug-likeness (QED) is 0.0478. The molecule has 5 bridgehead atoms. The molecule has 25 heteroatoms. The number of phenolic OH excluding ortho intramolecular Hbond substituents is 3. The number of allylic oxidation sites excluding steroid dienone is 2. The number of likely N-dealkylation sites (N-methyl/N-ethyl adjacent to an activating group) is 2. The van der Waals surface area contributed by atoms with Gasteiger partial charge in [0.15, 0.2) is 5.75 Å². The molecule has 6 aliphatic rings. The van der Waals surface area contributed by atoms with Gasteiger partial charge in [0.1, 0.15) is 53.2 Å². The molecule has 0 spiro atoms. The Hall–Kier alpha value is -5.25. The van der Waals surface area contributed by atoms with Crippen molar-refractivity contribution in [2.75, 3.05) is 65.5 Å². The minimum Gasteiger partial charge on any atom is -0.507 e. The summed E-state index contributed by atoms with van der Waals surface area (Å²) < 4.78 is 29.4. The predicted molar refractivity (Wildman–Crippen MR) is 327 cm³/mol. The molecule has 0 aromatic heterocycles. The molecule has 0 saturated carbocycles. The van der Waals surface area contributed by atoms with Crippen LogP contribution in [0.5, 0.6) is 23.0 Å². The van der Waals surface area contributed by atoms with Gasteiger partial charge in [0, 0.05) is 93.9 Å². The number of methoxy groups -OCH3 is 1. The van der Waals surface area contributed by atoms with Gasteiger partial charge in [0.2, 0.25) is 5.91 Å². The van der Waals surface area contributed by atoms with E-state index in [-0.39, 0.29) is 56.4 Å². The van der Waals surface area contributed by atoms with Crippen LogP contribution in [0, 0.1) is 36.5 Å². The first-order chi connectivity index (χ1) is 40.4. The second-order valence-corrected chi connectivity index (χ2v) is 25.5. The van der Waals surface area contributed by atoms with Crippen LogP contribution in [-0.4, -0.2) is 223 Å². The number of carbonyl (C=O) groups excluding carboxylic acids is 4. The maximum atomic E-state index is 14.4. The molecule has 0 aliphatic carbocycles. The van der Waals surface area contributed by atoms with E-state index >= 15 is 0 Å². The number of aliphatic hydroxyl groups is 5. The molecule has 86 heavy (non-hydrogen) atoms. The Morgan fingerprint density at radius 1 is 0.930 bits per heavy atom. The number of thioether (sulfide) groups is 1. The SMILES string of the molecule is CCC[C@@H]1C[C@@H](C(=O)N[C@@H]([C@H]2O[C@H](SC)[C@H](O)[C@@H](O)[C@H]2O)[C@H](C)Cl)N(C)C1.CO[C@H]1/C=C/O[C@@]2(C)Oc3c(C)c(O)c4c(O)c(c(/C=N/N5CCN(C)CC5)c(O)c4c3C2=O)NC(=O)/C(C)=C\C=C\[C@H](C)[C@H](O)[C@@H](C)[C@@H](O)[C@@H](C)[C@H](OC(C)=O)[C@@H]1C. The number of benzene rings is 2. The van der Waals surface area contributed by atoms with Gasteiger partial charge in [-0.15, -0.1) is 23.4 Å². The van der Waals surface area contributed by atoms with E-state index in [2.05, 4.69) is 27.6 Å². The van der Waals surface area contributed by atoms with Crippen molar-refractivity contribution in [3.05, 3.63) is 52.8 Å². The van der Waals surface area contributed by atoms with Gasteiger partial charge in [-0.25, -0.2) is 0 Å². The van der Waals surface area contributed by atoms with Crippen molar-refractivity contribution in [3.63, 3.8) is 0 Å². The van der Waals surface area contributed by atoms with E-state index in [1.165, 1.54) is 71.2 Å². The highest BCUT2D eigenvalue weighted by atomic mass is 35.5. The summed E-state index contributed by atoms with van der Waals surface area (Å²) in [6.45, 7) is 19.8. The van der Waals surface area contributed by atoms with Gasteiger partial charge in [0.25, 0.3) is 11.7 Å². The van der Waals surface area contributed by atoms with E-state index in [0.29, 0.717) is 19.0 Å². The molecule has 10 N–H and O–H groups in total. The standard InChI is InChI=1S/C43H58N4O12.C18H33ClN2O5S/c1-21-12-11-13-22(2)42(55)45-33-28(20-44-47-17-15-46(9)16-18-47)37(52)30-31(38(33)53)36(51)26(6)40-32(30)41(54)43(8,59-40)57-19-14-29(56-10)23(3)39(58-27(7)48)25(5)35(50)24(4)34(21)49;1-5-6-10-7-11(21(3)8-10)17(25)20-12(9(2)19)16-14(23)13(22)15(24)18(26-16)27-4/h11-14,19-21,23-25,29,34-35,39,49-53H,15-18H2,1-10H3,(H,45,55);9-16,18,22-24H,5-8H2,1-4H3,(H,20,25)/b12-11+,19-14+,22-13-,44-20+;/t21-,23+,24+,25+,29-,34-,35+,39+,43-;9-,10+,11-,12+,13-,14+,15+,16+,18+/m00/s1. The fourth-order valence-corrected chi connectivity index (χ4v) is 12.9. The Bertz CT molecular complexity index is 2870. The molecule has 2 aromatic carbocycles. The summed E-state index contributed by atoms with van der Waals surface area (Å²) >= 11 is 7.55. The van der Waals surface area contributed by atoms with Crippen molar-refractivity contribution in [2.45, 2.75) is 166 Å². The lowest BCUT2D eigenvalue weighted by atomic mass is 9.78. The highest BCUT2D eigenvalue weighted by Gasteiger charge is 2.51. The number of rotatable bonds is 11. The van der Waals surface area contributed by atoms with Crippen molar-refractivity contribution in [1.29, 1.82) is 0 Å². The monoisotopic (exact) mass is 1250 g/mol. The molecule has 0 radical (unpaired) electrons. The number of phenols is 3. The van der Waals surface area contributed by atoms with Crippen molar-refractivity contribution >= 4 is 69.6 Å². The van der Waals surface area contributed by atoms with Gasteiger partial charge in [0.05, 0.1) is 70.4 Å². The molecule has 8 rings (SSSR count). The van der Waals surface area contributed by atoms with Crippen LogP contribution >= 0.6 is 23.4 Å². The number of aromatic hydroxyl groups is 3. The third-order valence-corrected chi connectivity index (χ3v) is 18.6. The van der Waals surface area contributed by atoms with Gasteiger partial charge in [-0.1, -0.05) is 59.3 Å². The second kappa shape index (κ2) is 29.8. The van der Waals surface area contributed by atoms with Crippen molar-refractivity contribution < 1.29 is 83.7 Å². The summed E-state index contributed by atoms with van der Waals surface area (Å²) in [5, 5.41) is 99.9. The van der Waals surface area contributed by atoms with Crippen LogP contribution in [0.4, 0.5) is 5.69 Å². The van der Waals surface area contributed by atoms with Crippen LogP contribution in [-0.2, 0) is 33.3 Å². The zero-order chi connectivity index (χ0) is 64.0. The summed E-state index contributed by atoms with van der Waals surface area (Å²) in [5.74, 6) is -7.99. The minimum atomic E-state index is -2.04. The number of likely N-dealkylation sites (tertiary alicyclic amines) is 1.